The second-order valence-electron chi connectivity index (χ2n) is 11.5. The van der Waals surface area contributed by atoms with Gasteiger partial charge in [0, 0.05) is 6.04 Å². The van der Waals surface area contributed by atoms with Crippen LogP contribution in [0.4, 0.5) is 0 Å². The second kappa shape index (κ2) is 9.06. The molecular formula is C25H40NNaO3. The van der Waals surface area contributed by atoms with Crippen LogP contribution in [0.1, 0.15) is 91.9 Å². The molecule has 4 aliphatic carbocycles. The van der Waals surface area contributed by atoms with Gasteiger partial charge in [-0.25, -0.2) is 0 Å². The Morgan fingerprint density at radius 2 is 1.67 bits per heavy atom. The maximum Gasteiger partial charge on any atom is 1.00 e. The van der Waals surface area contributed by atoms with Crippen LogP contribution in [0.25, 0.3) is 0 Å². The average Bonchev–Trinajstić information content (AvgIpc) is 3.04. The Bertz CT molecular complexity index is 669. The van der Waals surface area contributed by atoms with Gasteiger partial charge in [0.25, 0.3) is 5.91 Å². The number of carbonyl (C=O) groups is 2. The van der Waals surface area contributed by atoms with E-state index < -0.39 is 11.9 Å². The van der Waals surface area contributed by atoms with Crippen molar-refractivity contribution >= 4 is 11.9 Å². The molecule has 0 aliphatic heterocycles. The smallest absolute Gasteiger partial charge is 0.540 e. The van der Waals surface area contributed by atoms with Gasteiger partial charge in [0.2, 0.25) is 0 Å². The molecule has 4 fully saturated rings. The van der Waals surface area contributed by atoms with E-state index in [4.69, 9.17) is 0 Å². The molecule has 4 nitrogen and oxygen atoms in total. The van der Waals surface area contributed by atoms with E-state index >= 15 is 0 Å². The first-order valence-corrected chi connectivity index (χ1v) is 12.2. The standard InChI is InChI=1S/C25H41NO3.Na/c1-5-15(2)19-8-9-20-18-7-6-16-14-17(26-22(27)23(28)29)10-12-24(16,3)21(18)11-13-25(19,20)4;/h15-21H,5-14H2,1-4H3,(H,26,27)(H,28,29);/q;+1/p-1/t15?,16?,17-,18+,19?,20+,21+,24+,25-;/m1./s1. The molecule has 0 aromatic rings. The van der Waals surface area contributed by atoms with Crippen molar-refractivity contribution in [2.75, 3.05) is 0 Å². The van der Waals surface area contributed by atoms with Crippen molar-refractivity contribution in [3.8, 4) is 0 Å². The van der Waals surface area contributed by atoms with Gasteiger partial charge in [-0.2, -0.15) is 0 Å². The normalized spacial score (nSPS) is 45.9. The topological polar surface area (TPSA) is 69.2 Å². The van der Waals surface area contributed by atoms with Crippen molar-refractivity contribution in [2.24, 2.45) is 46.3 Å². The molecule has 0 spiro atoms. The van der Waals surface area contributed by atoms with Gasteiger partial charge in [0.15, 0.2) is 0 Å². The van der Waals surface area contributed by atoms with Gasteiger partial charge in [-0.1, -0.05) is 34.1 Å². The summed E-state index contributed by atoms with van der Waals surface area (Å²) in [5.74, 6) is 2.39. The molecule has 0 aromatic carbocycles. The largest absolute Gasteiger partial charge is 1.00 e. The van der Waals surface area contributed by atoms with Crippen LogP contribution >= 0.6 is 0 Å². The van der Waals surface area contributed by atoms with Crippen molar-refractivity contribution in [2.45, 2.75) is 97.9 Å². The number of carbonyl (C=O) groups excluding carboxylic acids is 2. The summed E-state index contributed by atoms with van der Waals surface area (Å²) in [6.07, 6.45) is 12.5. The fraction of sp³-hybridized carbons (Fsp3) is 0.920. The maximum atomic E-state index is 11.6. The predicted molar refractivity (Wildman–Crippen MR) is 112 cm³/mol. The minimum absolute atomic E-state index is 0. The number of carboxylic acid groups (broad SMARTS) is 1. The zero-order valence-electron chi connectivity index (χ0n) is 19.8. The third kappa shape index (κ3) is 3.92. The van der Waals surface area contributed by atoms with Crippen molar-refractivity contribution < 1.29 is 44.3 Å². The summed E-state index contributed by atoms with van der Waals surface area (Å²) in [6.45, 7) is 9.98. The molecule has 9 atom stereocenters. The number of carboxylic acids is 1. The predicted octanol–water partition coefficient (Wildman–Crippen LogP) is 0.930. The first-order chi connectivity index (χ1) is 13.7. The summed E-state index contributed by atoms with van der Waals surface area (Å²) >= 11 is 0. The first-order valence-electron chi connectivity index (χ1n) is 12.2. The van der Waals surface area contributed by atoms with Crippen molar-refractivity contribution in [1.82, 2.24) is 5.32 Å². The Labute approximate surface area is 205 Å². The molecule has 3 unspecified atom stereocenters. The number of rotatable bonds is 3. The quantitative estimate of drug-likeness (QED) is 0.540. The van der Waals surface area contributed by atoms with E-state index in [9.17, 15) is 14.7 Å². The molecule has 5 heteroatoms. The van der Waals surface area contributed by atoms with Gasteiger partial charge in [0.05, 0.1) is 0 Å². The number of nitrogens with one attached hydrogen (secondary N) is 1. The van der Waals surface area contributed by atoms with Crippen LogP contribution in [0, 0.1) is 46.3 Å². The van der Waals surface area contributed by atoms with Crippen LogP contribution in [-0.4, -0.2) is 17.9 Å². The zero-order chi connectivity index (χ0) is 21.0. The maximum absolute atomic E-state index is 11.6. The summed E-state index contributed by atoms with van der Waals surface area (Å²) in [5, 5.41) is 13.5. The summed E-state index contributed by atoms with van der Waals surface area (Å²) in [7, 11) is 0. The van der Waals surface area contributed by atoms with Crippen LogP contribution in [0.15, 0.2) is 0 Å². The van der Waals surface area contributed by atoms with Gasteiger partial charge in [-0.3, -0.25) is 4.79 Å². The Morgan fingerprint density at radius 1 is 1.00 bits per heavy atom. The number of amides is 1. The van der Waals surface area contributed by atoms with Crippen LogP contribution in [-0.2, 0) is 9.59 Å². The van der Waals surface area contributed by atoms with Crippen molar-refractivity contribution in [1.29, 1.82) is 0 Å². The van der Waals surface area contributed by atoms with Gasteiger partial charge in [-0.05, 0) is 104 Å². The summed E-state index contributed by atoms with van der Waals surface area (Å²) in [4.78, 5) is 22.4. The third-order valence-electron chi connectivity index (χ3n) is 10.6. The van der Waals surface area contributed by atoms with Crippen molar-refractivity contribution in [3.63, 3.8) is 0 Å². The molecule has 4 rings (SSSR count). The third-order valence-corrected chi connectivity index (χ3v) is 10.6. The fourth-order valence-electron chi connectivity index (χ4n) is 8.89. The van der Waals surface area contributed by atoms with E-state index in [2.05, 4.69) is 33.0 Å². The molecule has 164 valence electrons. The zero-order valence-corrected chi connectivity index (χ0v) is 21.8. The molecule has 0 bridgehead atoms. The molecule has 30 heavy (non-hydrogen) atoms. The molecule has 4 aliphatic rings. The Kier molecular flexibility index (Phi) is 7.42. The van der Waals surface area contributed by atoms with E-state index in [1.807, 2.05) is 0 Å². The first kappa shape index (κ1) is 24.6. The SMILES string of the molecule is CCC(C)C1CC[C@H]2[C@@H]3CCC4C[C@H](NC(=O)C(=O)[O-])CC[C@]4(C)[C@H]3CC[C@]12C.[Na+]. The molecule has 0 aromatic heterocycles. The molecule has 0 saturated heterocycles. The molecule has 0 radical (unpaired) electrons. The Balaban J connectivity index is 0.00000256. The number of fused-ring (bicyclic) bond motifs is 5. The molecule has 1 N–H and O–H groups in total. The van der Waals surface area contributed by atoms with E-state index in [1.165, 1.54) is 44.9 Å². The van der Waals surface area contributed by atoms with Gasteiger partial charge in [0.1, 0.15) is 5.97 Å². The monoisotopic (exact) mass is 425 g/mol. The van der Waals surface area contributed by atoms with E-state index in [0.29, 0.717) is 16.7 Å². The summed E-state index contributed by atoms with van der Waals surface area (Å²) in [5.41, 5.74) is 0.904. The molecule has 4 saturated carbocycles. The Hall–Kier alpha value is -0.0600. The van der Waals surface area contributed by atoms with E-state index in [0.717, 1.165) is 48.9 Å². The van der Waals surface area contributed by atoms with Crippen LogP contribution in [0.2, 0.25) is 0 Å². The van der Waals surface area contributed by atoms with Crippen LogP contribution in [0.3, 0.4) is 0 Å². The van der Waals surface area contributed by atoms with Crippen LogP contribution in [0.5, 0.6) is 0 Å². The van der Waals surface area contributed by atoms with Crippen LogP contribution < -0.4 is 40.0 Å². The van der Waals surface area contributed by atoms with E-state index in [1.54, 1.807) is 0 Å². The molecule has 0 heterocycles. The van der Waals surface area contributed by atoms with Gasteiger partial charge < -0.3 is 15.2 Å². The molecular weight excluding hydrogens is 385 g/mol. The van der Waals surface area contributed by atoms with Gasteiger partial charge >= 0.3 is 29.6 Å². The average molecular weight is 426 g/mol. The number of hydrogen-bond acceptors (Lipinski definition) is 3. The summed E-state index contributed by atoms with van der Waals surface area (Å²) < 4.78 is 0. The minimum Gasteiger partial charge on any atom is -0.540 e. The number of hydrogen-bond donors (Lipinski definition) is 1. The van der Waals surface area contributed by atoms with E-state index in [-0.39, 0.29) is 35.6 Å². The van der Waals surface area contributed by atoms with Gasteiger partial charge in [-0.15, -0.1) is 0 Å². The van der Waals surface area contributed by atoms with Crippen molar-refractivity contribution in [3.05, 3.63) is 0 Å². The summed E-state index contributed by atoms with van der Waals surface area (Å²) in [6, 6.07) is 0.00476. The number of aliphatic carboxylic acids is 1. The minimum atomic E-state index is -1.61. The Morgan fingerprint density at radius 3 is 2.33 bits per heavy atom. The fourth-order valence-corrected chi connectivity index (χ4v) is 8.89. The second-order valence-corrected chi connectivity index (χ2v) is 11.5. The molecule has 1 amide bonds.